The van der Waals surface area contributed by atoms with Crippen LogP contribution in [0.15, 0.2) is 24.7 Å². The molecule has 6 nitrogen and oxygen atoms in total. The van der Waals surface area contributed by atoms with Crippen molar-refractivity contribution in [2.45, 2.75) is 109 Å². The van der Waals surface area contributed by atoms with Gasteiger partial charge in [-0.15, -0.1) is 0 Å². The van der Waals surface area contributed by atoms with Gasteiger partial charge in [-0.25, -0.2) is 4.98 Å². The van der Waals surface area contributed by atoms with Gasteiger partial charge in [0.15, 0.2) is 0 Å². The number of H-pyrrole nitrogens is 1. The molecule has 0 bridgehead atoms. The molecule has 0 radical (unpaired) electrons. The predicted octanol–water partition coefficient (Wildman–Crippen LogP) is 6.44. The molecule has 3 N–H and O–H groups in total. The van der Waals surface area contributed by atoms with E-state index in [1.807, 2.05) is 6.07 Å². The van der Waals surface area contributed by atoms with Gasteiger partial charge in [0.05, 0.1) is 6.33 Å². The van der Waals surface area contributed by atoms with E-state index in [2.05, 4.69) is 42.1 Å². The lowest BCUT2D eigenvalue weighted by Crippen LogP contribution is -2.46. The van der Waals surface area contributed by atoms with Gasteiger partial charge < -0.3 is 20.1 Å². The van der Waals surface area contributed by atoms with Crippen molar-refractivity contribution in [3.63, 3.8) is 0 Å². The zero-order valence-corrected chi connectivity index (χ0v) is 22.4. The van der Waals surface area contributed by atoms with Gasteiger partial charge in [0.25, 0.3) is 0 Å². The summed E-state index contributed by atoms with van der Waals surface area (Å²) in [6.45, 7) is 7.31. The molecule has 1 saturated carbocycles. The SMILES string of the molecule is CCCCCc1cc(O)c2c(c1)OC(C)(C)C1CCC(CCCCC(=O)NCCc3cnc[nH]3)CC21. The predicted molar refractivity (Wildman–Crippen MR) is 143 cm³/mol. The van der Waals surface area contributed by atoms with Gasteiger partial charge in [-0.2, -0.15) is 0 Å². The Bertz CT molecular complexity index is 986. The van der Waals surface area contributed by atoms with Crippen LogP contribution in [0.2, 0.25) is 0 Å². The molecule has 2 heterocycles. The van der Waals surface area contributed by atoms with Crippen LogP contribution in [-0.2, 0) is 17.6 Å². The number of imidazole rings is 1. The van der Waals surface area contributed by atoms with Gasteiger partial charge in [0.1, 0.15) is 17.1 Å². The number of phenolic OH excluding ortho intramolecular Hbond substituents is 1. The highest BCUT2D eigenvalue weighted by molar-refractivity contribution is 5.75. The van der Waals surface area contributed by atoms with E-state index in [1.54, 1.807) is 12.5 Å². The normalized spacial score (nSPS) is 22.4. The molecule has 1 aromatic carbocycles. The van der Waals surface area contributed by atoms with E-state index in [-0.39, 0.29) is 11.5 Å². The van der Waals surface area contributed by atoms with E-state index in [4.69, 9.17) is 4.74 Å². The Labute approximate surface area is 216 Å². The van der Waals surface area contributed by atoms with Crippen LogP contribution in [0, 0.1) is 11.8 Å². The minimum Gasteiger partial charge on any atom is -0.508 e. The van der Waals surface area contributed by atoms with Crippen molar-refractivity contribution in [1.82, 2.24) is 15.3 Å². The summed E-state index contributed by atoms with van der Waals surface area (Å²) in [5.41, 5.74) is 3.05. The van der Waals surface area contributed by atoms with Crippen LogP contribution >= 0.6 is 0 Å². The highest BCUT2D eigenvalue weighted by atomic mass is 16.5. The van der Waals surface area contributed by atoms with Gasteiger partial charge >= 0.3 is 0 Å². The minimum absolute atomic E-state index is 0.137. The van der Waals surface area contributed by atoms with Gasteiger partial charge in [-0.1, -0.05) is 32.6 Å². The summed E-state index contributed by atoms with van der Waals surface area (Å²) in [4.78, 5) is 19.3. The number of aryl methyl sites for hydroxylation is 1. The first-order chi connectivity index (χ1) is 17.4. The monoisotopic (exact) mass is 495 g/mol. The van der Waals surface area contributed by atoms with Crippen molar-refractivity contribution >= 4 is 5.91 Å². The maximum atomic E-state index is 12.2. The Morgan fingerprint density at radius 3 is 2.83 bits per heavy atom. The number of aromatic nitrogens is 2. The van der Waals surface area contributed by atoms with Gasteiger partial charge in [-0.05, 0) is 81.9 Å². The molecule has 36 heavy (non-hydrogen) atoms. The number of amides is 1. The number of unbranched alkanes of at least 4 members (excludes halogenated alkanes) is 3. The standard InChI is InChI=1S/C30H45N3O3/c1-4-5-6-10-22-17-26(34)29-24-16-21(12-13-25(24)30(2,3)36-27(29)18-22)9-7-8-11-28(35)32-15-14-23-19-31-20-33-23/h17-21,24-25,34H,4-16H2,1-3H3,(H,31,33)(H,32,35). The Hall–Kier alpha value is -2.50. The van der Waals surface area contributed by atoms with Crippen LogP contribution in [0.5, 0.6) is 11.5 Å². The summed E-state index contributed by atoms with van der Waals surface area (Å²) in [6, 6.07) is 4.18. The number of carbonyl (C=O) groups excluding carboxylic acids is 1. The van der Waals surface area contributed by atoms with Crippen LogP contribution in [0.25, 0.3) is 0 Å². The molecule has 1 fully saturated rings. The molecule has 2 aromatic rings. The van der Waals surface area contributed by atoms with E-state index < -0.39 is 0 Å². The summed E-state index contributed by atoms with van der Waals surface area (Å²) >= 11 is 0. The first-order valence-electron chi connectivity index (χ1n) is 14.2. The minimum atomic E-state index is -0.217. The maximum absolute atomic E-state index is 12.2. The van der Waals surface area contributed by atoms with Crippen molar-refractivity contribution in [3.05, 3.63) is 41.5 Å². The number of nitrogens with zero attached hydrogens (tertiary/aromatic N) is 1. The largest absolute Gasteiger partial charge is 0.508 e. The molecule has 198 valence electrons. The molecule has 1 aliphatic heterocycles. The lowest BCUT2D eigenvalue weighted by Gasteiger charge is -2.49. The number of rotatable bonds is 12. The fourth-order valence-electron chi connectivity index (χ4n) is 6.44. The lowest BCUT2D eigenvalue weighted by molar-refractivity contribution is -0.121. The van der Waals surface area contributed by atoms with Crippen molar-refractivity contribution in [1.29, 1.82) is 0 Å². The number of nitrogens with one attached hydrogen (secondary N) is 2. The van der Waals surface area contributed by atoms with Crippen molar-refractivity contribution in [3.8, 4) is 11.5 Å². The Kier molecular flexibility index (Phi) is 8.97. The number of hydrogen-bond acceptors (Lipinski definition) is 4. The van der Waals surface area contributed by atoms with Crippen LogP contribution in [0.4, 0.5) is 0 Å². The van der Waals surface area contributed by atoms with E-state index >= 15 is 0 Å². The molecule has 1 amide bonds. The summed E-state index contributed by atoms with van der Waals surface area (Å²) in [7, 11) is 0. The zero-order valence-electron chi connectivity index (χ0n) is 22.4. The average Bonchev–Trinajstić information content (AvgIpc) is 3.35. The first-order valence-corrected chi connectivity index (χ1v) is 14.2. The smallest absolute Gasteiger partial charge is 0.220 e. The molecule has 1 aliphatic carbocycles. The molecule has 0 saturated heterocycles. The summed E-state index contributed by atoms with van der Waals surface area (Å²) in [5.74, 6) is 2.88. The highest BCUT2D eigenvalue weighted by Crippen LogP contribution is 2.56. The number of ether oxygens (including phenoxy) is 1. The maximum Gasteiger partial charge on any atom is 0.220 e. The van der Waals surface area contributed by atoms with Crippen LogP contribution in [0.3, 0.4) is 0 Å². The van der Waals surface area contributed by atoms with Gasteiger partial charge in [0, 0.05) is 42.8 Å². The second kappa shape index (κ2) is 12.2. The van der Waals surface area contributed by atoms with E-state index in [0.29, 0.717) is 36.5 Å². The Balaban J connectivity index is 1.28. The number of fused-ring (bicyclic) bond motifs is 3. The van der Waals surface area contributed by atoms with Crippen LogP contribution < -0.4 is 10.1 Å². The number of hydrogen-bond donors (Lipinski definition) is 3. The number of aromatic hydroxyl groups is 1. The molecule has 3 unspecified atom stereocenters. The molecule has 0 spiro atoms. The highest BCUT2D eigenvalue weighted by Gasteiger charge is 2.47. The van der Waals surface area contributed by atoms with Crippen molar-refractivity contribution in [2.24, 2.45) is 11.8 Å². The van der Waals surface area contributed by atoms with Crippen molar-refractivity contribution < 1.29 is 14.6 Å². The summed E-state index contributed by atoms with van der Waals surface area (Å²) < 4.78 is 6.52. The van der Waals surface area contributed by atoms with E-state index in [1.165, 1.54) is 24.8 Å². The third kappa shape index (κ3) is 6.63. The average molecular weight is 496 g/mol. The molecular weight excluding hydrogens is 450 g/mol. The molecule has 2 aliphatic rings. The number of aromatic amines is 1. The van der Waals surface area contributed by atoms with E-state index in [0.717, 1.165) is 68.4 Å². The van der Waals surface area contributed by atoms with Crippen LogP contribution in [-0.4, -0.2) is 33.1 Å². The number of carbonyl (C=O) groups is 1. The first kappa shape index (κ1) is 26.6. The molecule has 1 aromatic heterocycles. The third-order valence-electron chi connectivity index (χ3n) is 8.38. The van der Waals surface area contributed by atoms with E-state index in [9.17, 15) is 9.90 Å². The lowest BCUT2D eigenvalue weighted by atomic mass is 9.63. The number of benzene rings is 1. The van der Waals surface area contributed by atoms with Gasteiger partial charge in [-0.3, -0.25) is 4.79 Å². The molecule has 4 rings (SSSR count). The fraction of sp³-hybridized carbons (Fsp3) is 0.667. The molecule has 3 atom stereocenters. The zero-order chi connectivity index (χ0) is 25.5. The molecule has 6 heteroatoms. The second-order valence-corrected chi connectivity index (χ2v) is 11.5. The molecular formula is C30H45N3O3. The fourth-order valence-corrected chi connectivity index (χ4v) is 6.44. The van der Waals surface area contributed by atoms with Crippen LogP contribution in [0.1, 0.15) is 108 Å². The summed E-state index contributed by atoms with van der Waals surface area (Å²) in [5, 5.41) is 14.1. The Morgan fingerprint density at radius 1 is 1.19 bits per heavy atom. The quantitative estimate of drug-likeness (QED) is 0.296. The Morgan fingerprint density at radius 2 is 2.06 bits per heavy atom. The van der Waals surface area contributed by atoms with Crippen molar-refractivity contribution in [2.75, 3.05) is 6.54 Å². The van der Waals surface area contributed by atoms with Gasteiger partial charge in [0.2, 0.25) is 5.91 Å². The summed E-state index contributed by atoms with van der Waals surface area (Å²) in [6.07, 6.45) is 16.0. The topological polar surface area (TPSA) is 87.2 Å². The second-order valence-electron chi connectivity index (χ2n) is 11.5. The third-order valence-corrected chi connectivity index (χ3v) is 8.38. The number of phenols is 1.